The molecule has 0 fully saturated rings. The minimum Gasteiger partial charge on any atom is -0.345 e. The number of carbonyl (C=O) groups excluding carboxylic acids is 1. The second-order valence-electron chi connectivity index (χ2n) is 3.76. The molecule has 1 aromatic carbocycles. The van der Waals surface area contributed by atoms with Crippen LogP contribution in [0.15, 0.2) is 24.4 Å². The van der Waals surface area contributed by atoms with Crippen LogP contribution in [0.25, 0.3) is 0 Å². The molecule has 1 heterocycles. The third-order valence-electron chi connectivity index (χ3n) is 2.41. The van der Waals surface area contributed by atoms with Gasteiger partial charge in [-0.05, 0) is 6.07 Å². The fourth-order valence-electron chi connectivity index (χ4n) is 1.41. The Morgan fingerprint density at radius 1 is 1.40 bits per heavy atom. The van der Waals surface area contributed by atoms with Gasteiger partial charge in [-0.2, -0.15) is 17.5 Å². The standard InChI is InChI=1S/C11H7Cl2F2N3OS/c12-8-3-1-2-7(9(8)13)11(14,15)10(19)16-4-6-5-17-20-18-6/h1-3,5H,4H2,(H,16,19). The van der Waals surface area contributed by atoms with Crippen molar-refractivity contribution in [2.45, 2.75) is 12.5 Å². The van der Waals surface area contributed by atoms with Gasteiger partial charge in [0.25, 0.3) is 5.91 Å². The van der Waals surface area contributed by atoms with Crippen LogP contribution in [-0.2, 0) is 17.3 Å². The van der Waals surface area contributed by atoms with E-state index >= 15 is 0 Å². The number of amides is 1. The van der Waals surface area contributed by atoms with Crippen molar-refractivity contribution in [3.63, 3.8) is 0 Å². The molecule has 0 radical (unpaired) electrons. The van der Waals surface area contributed by atoms with Crippen LogP contribution in [0.2, 0.25) is 10.0 Å². The topological polar surface area (TPSA) is 54.9 Å². The van der Waals surface area contributed by atoms with E-state index < -0.39 is 17.4 Å². The van der Waals surface area contributed by atoms with Crippen LogP contribution >= 0.6 is 34.9 Å². The molecule has 0 aliphatic rings. The van der Waals surface area contributed by atoms with E-state index in [9.17, 15) is 13.6 Å². The molecule has 0 unspecified atom stereocenters. The predicted octanol–water partition coefficient (Wildman–Crippen LogP) is 3.25. The van der Waals surface area contributed by atoms with Crippen LogP contribution in [-0.4, -0.2) is 14.7 Å². The second-order valence-corrected chi connectivity index (χ2v) is 5.10. The van der Waals surface area contributed by atoms with Crippen LogP contribution in [0.5, 0.6) is 0 Å². The highest BCUT2D eigenvalue weighted by Crippen LogP contribution is 2.37. The van der Waals surface area contributed by atoms with E-state index in [-0.39, 0.29) is 16.6 Å². The molecule has 1 aromatic heterocycles. The summed E-state index contributed by atoms with van der Waals surface area (Å²) in [5, 5.41) is 1.70. The van der Waals surface area contributed by atoms with Crippen molar-refractivity contribution in [1.29, 1.82) is 0 Å². The molecule has 9 heteroatoms. The Labute approximate surface area is 127 Å². The zero-order valence-electron chi connectivity index (χ0n) is 9.74. The number of aromatic nitrogens is 2. The first kappa shape index (κ1) is 15.1. The van der Waals surface area contributed by atoms with Gasteiger partial charge in [0, 0.05) is 0 Å². The summed E-state index contributed by atoms with van der Waals surface area (Å²) in [5.74, 6) is -5.26. The molecule has 2 aromatic rings. The van der Waals surface area contributed by atoms with Crippen molar-refractivity contribution >= 4 is 40.8 Å². The molecule has 106 valence electrons. The lowest BCUT2D eigenvalue weighted by molar-refractivity contribution is -0.147. The van der Waals surface area contributed by atoms with Crippen molar-refractivity contribution in [1.82, 2.24) is 14.1 Å². The zero-order chi connectivity index (χ0) is 14.8. The maximum Gasteiger partial charge on any atom is 0.351 e. The summed E-state index contributed by atoms with van der Waals surface area (Å²) in [6, 6.07) is 3.72. The lowest BCUT2D eigenvalue weighted by Gasteiger charge is -2.17. The van der Waals surface area contributed by atoms with Gasteiger partial charge in [-0.15, -0.1) is 0 Å². The number of halogens is 4. The van der Waals surface area contributed by atoms with Crippen molar-refractivity contribution in [2.75, 3.05) is 0 Å². The molecule has 1 N–H and O–H groups in total. The van der Waals surface area contributed by atoms with E-state index in [0.717, 1.165) is 17.8 Å². The first-order chi connectivity index (χ1) is 9.43. The van der Waals surface area contributed by atoms with Crippen molar-refractivity contribution in [3.8, 4) is 0 Å². The lowest BCUT2D eigenvalue weighted by atomic mass is 10.1. The van der Waals surface area contributed by atoms with E-state index in [4.69, 9.17) is 23.2 Å². The van der Waals surface area contributed by atoms with Gasteiger partial charge >= 0.3 is 5.92 Å². The van der Waals surface area contributed by atoms with Crippen LogP contribution in [0.3, 0.4) is 0 Å². The first-order valence-electron chi connectivity index (χ1n) is 5.30. The minimum absolute atomic E-state index is 0.0413. The van der Waals surface area contributed by atoms with Crippen LogP contribution in [0, 0.1) is 0 Å². The molecule has 0 saturated heterocycles. The smallest absolute Gasteiger partial charge is 0.345 e. The average Bonchev–Trinajstić information content (AvgIpc) is 2.92. The zero-order valence-corrected chi connectivity index (χ0v) is 12.1. The lowest BCUT2D eigenvalue weighted by Crippen LogP contribution is -2.38. The summed E-state index contributed by atoms with van der Waals surface area (Å²) in [5.41, 5.74) is -0.239. The molecule has 0 spiro atoms. The molecule has 0 bridgehead atoms. The molecular weight excluding hydrogens is 331 g/mol. The normalized spacial score (nSPS) is 11.4. The number of rotatable bonds is 4. The number of nitrogens with zero attached hydrogens (tertiary/aromatic N) is 2. The molecule has 0 saturated carbocycles. The van der Waals surface area contributed by atoms with Crippen LogP contribution in [0.4, 0.5) is 8.78 Å². The van der Waals surface area contributed by atoms with Gasteiger partial charge in [-0.25, -0.2) is 0 Å². The Balaban J connectivity index is 2.16. The third-order valence-corrected chi connectivity index (χ3v) is 3.75. The van der Waals surface area contributed by atoms with Gasteiger partial charge in [0.15, 0.2) is 0 Å². The molecule has 4 nitrogen and oxygen atoms in total. The molecule has 20 heavy (non-hydrogen) atoms. The highest BCUT2D eigenvalue weighted by Gasteiger charge is 2.42. The Kier molecular flexibility index (Phi) is 4.52. The predicted molar refractivity (Wildman–Crippen MR) is 72.1 cm³/mol. The second kappa shape index (κ2) is 5.99. The van der Waals surface area contributed by atoms with E-state index in [1.165, 1.54) is 18.3 Å². The minimum atomic E-state index is -3.79. The summed E-state index contributed by atoms with van der Waals surface area (Å²) >= 11 is 12.3. The molecule has 2 rings (SSSR count). The number of nitrogens with one attached hydrogen (secondary N) is 1. The van der Waals surface area contributed by atoms with E-state index in [0.29, 0.717) is 5.69 Å². The maximum absolute atomic E-state index is 14.0. The van der Waals surface area contributed by atoms with Gasteiger partial charge in [0.05, 0.1) is 45.8 Å². The van der Waals surface area contributed by atoms with E-state index in [2.05, 4.69) is 14.1 Å². The molecule has 0 aliphatic carbocycles. The Bertz CT molecular complexity index is 622. The molecular formula is C11H7Cl2F2N3OS. The highest BCUT2D eigenvalue weighted by molar-refractivity contribution is 6.99. The van der Waals surface area contributed by atoms with Gasteiger partial charge in [0.1, 0.15) is 0 Å². The number of alkyl halides is 2. The quantitative estimate of drug-likeness (QED) is 0.931. The first-order valence-corrected chi connectivity index (χ1v) is 6.78. The van der Waals surface area contributed by atoms with E-state index in [1.807, 2.05) is 0 Å². The van der Waals surface area contributed by atoms with Crippen molar-refractivity contribution < 1.29 is 13.6 Å². The SMILES string of the molecule is O=C(NCc1cnsn1)C(F)(F)c1cccc(Cl)c1Cl. The number of hydrogen-bond donors (Lipinski definition) is 1. The monoisotopic (exact) mass is 337 g/mol. The summed E-state index contributed by atoms with van der Waals surface area (Å²) in [4.78, 5) is 11.6. The number of benzene rings is 1. The highest BCUT2D eigenvalue weighted by atomic mass is 35.5. The van der Waals surface area contributed by atoms with Crippen LogP contribution < -0.4 is 5.32 Å². The Hall–Kier alpha value is -1.31. The van der Waals surface area contributed by atoms with Gasteiger partial charge in [0.2, 0.25) is 0 Å². The molecule has 0 atom stereocenters. The van der Waals surface area contributed by atoms with Crippen molar-refractivity contribution in [3.05, 3.63) is 45.7 Å². The summed E-state index contributed by atoms with van der Waals surface area (Å²) in [6.07, 6.45) is 1.38. The number of hydrogen-bond acceptors (Lipinski definition) is 4. The van der Waals surface area contributed by atoms with Crippen molar-refractivity contribution in [2.24, 2.45) is 0 Å². The fourth-order valence-corrected chi connectivity index (χ4v) is 2.26. The molecule has 0 aliphatic heterocycles. The van der Waals surface area contributed by atoms with Gasteiger partial charge in [-0.1, -0.05) is 35.3 Å². The average molecular weight is 338 g/mol. The van der Waals surface area contributed by atoms with Gasteiger partial charge in [-0.3, -0.25) is 4.79 Å². The summed E-state index contributed by atoms with van der Waals surface area (Å²) in [6.45, 7) is -0.136. The summed E-state index contributed by atoms with van der Waals surface area (Å²) in [7, 11) is 0. The molecule has 1 amide bonds. The Morgan fingerprint density at radius 3 is 2.80 bits per heavy atom. The third kappa shape index (κ3) is 3.05. The Morgan fingerprint density at radius 2 is 2.15 bits per heavy atom. The fraction of sp³-hybridized carbons (Fsp3) is 0.182. The van der Waals surface area contributed by atoms with E-state index in [1.54, 1.807) is 0 Å². The van der Waals surface area contributed by atoms with Gasteiger partial charge < -0.3 is 5.32 Å². The maximum atomic E-state index is 14.0. The van der Waals surface area contributed by atoms with Crippen LogP contribution in [0.1, 0.15) is 11.3 Å². The largest absolute Gasteiger partial charge is 0.351 e. The summed E-state index contributed by atoms with van der Waals surface area (Å²) < 4.78 is 35.6. The number of carbonyl (C=O) groups is 1.